The highest BCUT2D eigenvalue weighted by Crippen LogP contribution is 2.29. The fraction of sp³-hybridized carbons (Fsp3) is 0.294. The van der Waals surface area contributed by atoms with E-state index in [2.05, 4.69) is 102 Å². The molecule has 2 aromatic rings. The van der Waals surface area contributed by atoms with Crippen LogP contribution in [-0.4, -0.2) is 6.54 Å². The van der Waals surface area contributed by atoms with Crippen molar-refractivity contribution in [2.75, 3.05) is 6.54 Å². The summed E-state index contributed by atoms with van der Waals surface area (Å²) in [6, 6.07) is 15.2. The molecule has 0 aliphatic rings. The first-order valence-electron chi connectivity index (χ1n) is 7.03. The molecule has 0 amide bonds. The summed E-state index contributed by atoms with van der Waals surface area (Å²) < 4.78 is 3.38. The molecule has 2 aromatic carbocycles. The Morgan fingerprint density at radius 2 is 1.62 bits per heavy atom. The van der Waals surface area contributed by atoms with Gasteiger partial charge in [-0.15, -0.1) is 0 Å². The predicted octanol–water partition coefficient (Wildman–Crippen LogP) is 6.26. The van der Waals surface area contributed by atoms with Crippen LogP contribution >= 0.6 is 47.8 Å². The Morgan fingerprint density at radius 1 is 0.952 bits per heavy atom. The topological polar surface area (TPSA) is 12.0 Å². The van der Waals surface area contributed by atoms with Crippen LogP contribution in [0, 0.1) is 0 Å². The van der Waals surface area contributed by atoms with Gasteiger partial charge in [0.1, 0.15) is 0 Å². The van der Waals surface area contributed by atoms with Gasteiger partial charge in [0.2, 0.25) is 0 Å². The van der Waals surface area contributed by atoms with Crippen LogP contribution in [0.25, 0.3) is 0 Å². The van der Waals surface area contributed by atoms with E-state index in [0.29, 0.717) is 6.04 Å². The van der Waals surface area contributed by atoms with Gasteiger partial charge in [0, 0.05) is 19.5 Å². The second-order valence-electron chi connectivity index (χ2n) is 5.00. The third-order valence-electron chi connectivity index (χ3n) is 3.33. The Kier molecular flexibility index (Phi) is 6.93. The monoisotopic (exact) mass is 473 g/mol. The molecule has 0 spiro atoms. The van der Waals surface area contributed by atoms with Gasteiger partial charge >= 0.3 is 0 Å². The van der Waals surface area contributed by atoms with Crippen LogP contribution in [0.2, 0.25) is 0 Å². The molecule has 0 heterocycles. The highest BCUT2D eigenvalue weighted by atomic mass is 79.9. The van der Waals surface area contributed by atoms with Gasteiger partial charge in [0.05, 0.1) is 0 Å². The van der Waals surface area contributed by atoms with Crippen LogP contribution in [0.1, 0.15) is 30.5 Å². The quantitative estimate of drug-likeness (QED) is 0.520. The standard InChI is InChI=1S/C17H18Br3N/c1-2-9-21-17(10-12-3-5-13(18)6-4-12)15-11-14(19)7-8-16(15)20/h3-8,11,17,21H,2,9-10H2,1H3. The minimum atomic E-state index is 0.304. The fourth-order valence-corrected chi connectivity index (χ4v) is 3.41. The number of benzene rings is 2. The van der Waals surface area contributed by atoms with E-state index >= 15 is 0 Å². The van der Waals surface area contributed by atoms with E-state index in [9.17, 15) is 0 Å². The molecule has 0 aliphatic heterocycles. The predicted molar refractivity (Wildman–Crippen MR) is 101 cm³/mol. The van der Waals surface area contributed by atoms with Gasteiger partial charge < -0.3 is 5.32 Å². The second-order valence-corrected chi connectivity index (χ2v) is 7.69. The molecule has 0 aliphatic carbocycles. The van der Waals surface area contributed by atoms with Crippen LogP contribution in [0.4, 0.5) is 0 Å². The van der Waals surface area contributed by atoms with Gasteiger partial charge in [0.25, 0.3) is 0 Å². The minimum Gasteiger partial charge on any atom is -0.310 e. The van der Waals surface area contributed by atoms with Crippen molar-refractivity contribution in [2.45, 2.75) is 25.8 Å². The molecular formula is C17H18Br3N. The minimum absolute atomic E-state index is 0.304. The van der Waals surface area contributed by atoms with Gasteiger partial charge in [-0.05, 0) is 60.8 Å². The van der Waals surface area contributed by atoms with Crippen LogP contribution in [0.5, 0.6) is 0 Å². The first-order valence-corrected chi connectivity index (χ1v) is 9.41. The summed E-state index contributed by atoms with van der Waals surface area (Å²) in [7, 11) is 0. The molecule has 0 saturated heterocycles. The molecule has 1 unspecified atom stereocenters. The maximum atomic E-state index is 3.68. The molecule has 0 aromatic heterocycles. The summed E-state index contributed by atoms with van der Waals surface area (Å²) in [4.78, 5) is 0. The summed E-state index contributed by atoms with van der Waals surface area (Å²) in [5, 5.41) is 3.65. The SMILES string of the molecule is CCCNC(Cc1ccc(Br)cc1)c1cc(Br)ccc1Br. The van der Waals surface area contributed by atoms with Crippen molar-refractivity contribution in [3.8, 4) is 0 Å². The van der Waals surface area contributed by atoms with Gasteiger partial charge in [-0.25, -0.2) is 0 Å². The molecule has 4 heteroatoms. The zero-order valence-electron chi connectivity index (χ0n) is 11.9. The molecule has 2 rings (SSSR count). The molecular weight excluding hydrogens is 458 g/mol. The van der Waals surface area contributed by atoms with Gasteiger partial charge in [-0.3, -0.25) is 0 Å². The average Bonchev–Trinajstić information content (AvgIpc) is 2.48. The smallest absolute Gasteiger partial charge is 0.0372 e. The summed E-state index contributed by atoms with van der Waals surface area (Å²) in [6.07, 6.45) is 2.10. The lowest BCUT2D eigenvalue weighted by Gasteiger charge is -2.21. The van der Waals surface area contributed by atoms with Gasteiger partial charge in [-0.1, -0.05) is 66.8 Å². The zero-order chi connectivity index (χ0) is 15.2. The van der Waals surface area contributed by atoms with Crippen LogP contribution in [0.15, 0.2) is 55.9 Å². The fourth-order valence-electron chi connectivity index (χ4n) is 2.25. The molecule has 112 valence electrons. The van der Waals surface area contributed by atoms with E-state index in [4.69, 9.17) is 0 Å². The van der Waals surface area contributed by atoms with Crippen LogP contribution < -0.4 is 5.32 Å². The summed E-state index contributed by atoms with van der Waals surface area (Å²) in [5.74, 6) is 0. The third kappa shape index (κ3) is 5.20. The molecule has 21 heavy (non-hydrogen) atoms. The van der Waals surface area contributed by atoms with E-state index in [-0.39, 0.29) is 0 Å². The number of hydrogen-bond acceptors (Lipinski definition) is 1. The lowest BCUT2D eigenvalue weighted by molar-refractivity contribution is 0.527. The first kappa shape index (κ1) is 17.2. The van der Waals surface area contributed by atoms with E-state index in [1.807, 2.05) is 0 Å². The van der Waals surface area contributed by atoms with Crippen molar-refractivity contribution >= 4 is 47.8 Å². The summed E-state index contributed by atoms with van der Waals surface area (Å²) >= 11 is 10.7. The largest absolute Gasteiger partial charge is 0.310 e. The zero-order valence-corrected chi connectivity index (χ0v) is 16.6. The summed E-state index contributed by atoms with van der Waals surface area (Å²) in [5.41, 5.74) is 2.62. The lowest BCUT2D eigenvalue weighted by Crippen LogP contribution is -2.24. The molecule has 1 N–H and O–H groups in total. The van der Waals surface area contributed by atoms with Crippen LogP contribution in [-0.2, 0) is 6.42 Å². The molecule has 0 bridgehead atoms. The Morgan fingerprint density at radius 3 is 2.29 bits per heavy atom. The average molecular weight is 476 g/mol. The van der Waals surface area contributed by atoms with E-state index < -0.39 is 0 Å². The van der Waals surface area contributed by atoms with Crippen molar-refractivity contribution in [1.82, 2.24) is 5.32 Å². The maximum Gasteiger partial charge on any atom is 0.0372 e. The van der Waals surface area contributed by atoms with E-state index in [0.717, 1.165) is 32.8 Å². The molecule has 0 saturated carbocycles. The normalized spacial score (nSPS) is 12.4. The Balaban J connectivity index is 2.25. The van der Waals surface area contributed by atoms with Crippen molar-refractivity contribution in [3.63, 3.8) is 0 Å². The number of halogens is 3. The highest BCUT2D eigenvalue weighted by molar-refractivity contribution is 9.11. The maximum absolute atomic E-state index is 3.68. The molecule has 1 atom stereocenters. The third-order valence-corrected chi connectivity index (χ3v) is 5.07. The number of rotatable bonds is 6. The van der Waals surface area contributed by atoms with Gasteiger partial charge in [-0.2, -0.15) is 0 Å². The molecule has 0 fully saturated rings. The van der Waals surface area contributed by atoms with Crippen molar-refractivity contribution < 1.29 is 0 Å². The lowest BCUT2D eigenvalue weighted by atomic mass is 9.99. The number of nitrogens with one attached hydrogen (secondary N) is 1. The molecule has 0 radical (unpaired) electrons. The van der Waals surface area contributed by atoms with Crippen molar-refractivity contribution in [2.24, 2.45) is 0 Å². The van der Waals surface area contributed by atoms with E-state index in [1.165, 1.54) is 11.1 Å². The van der Waals surface area contributed by atoms with Gasteiger partial charge in [0.15, 0.2) is 0 Å². The van der Waals surface area contributed by atoms with Crippen LogP contribution in [0.3, 0.4) is 0 Å². The Hall–Kier alpha value is -0.160. The number of hydrogen-bond donors (Lipinski definition) is 1. The highest BCUT2D eigenvalue weighted by Gasteiger charge is 2.15. The Bertz CT molecular complexity index is 581. The Labute approximate surface area is 151 Å². The van der Waals surface area contributed by atoms with Crippen molar-refractivity contribution in [3.05, 3.63) is 67.0 Å². The van der Waals surface area contributed by atoms with E-state index in [1.54, 1.807) is 0 Å². The summed E-state index contributed by atoms with van der Waals surface area (Å²) in [6.45, 7) is 3.21. The molecule has 1 nitrogen and oxygen atoms in total. The second kappa shape index (κ2) is 8.47. The first-order chi connectivity index (χ1) is 10.1. The van der Waals surface area contributed by atoms with Crippen molar-refractivity contribution in [1.29, 1.82) is 0 Å².